The summed E-state index contributed by atoms with van der Waals surface area (Å²) < 4.78 is 7.58. The number of para-hydroxylation sites is 1. The minimum Gasteiger partial charge on any atom is -0.486 e. The zero-order valence-corrected chi connectivity index (χ0v) is 11.8. The first-order chi connectivity index (χ1) is 9.65. The molecule has 0 atom stereocenters. The number of fused-ring (bicyclic) bond motifs is 1. The third-order valence-corrected chi connectivity index (χ3v) is 3.47. The van der Waals surface area contributed by atoms with Crippen LogP contribution in [-0.4, -0.2) is 9.78 Å². The average Bonchev–Trinajstić information content (AvgIpc) is 2.77. The summed E-state index contributed by atoms with van der Waals surface area (Å²) in [4.78, 5) is 0. The van der Waals surface area contributed by atoms with Crippen LogP contribution in [0.15, 0.2) is 42.5 Å². The summed E-state index contributed by atoms with van der Waals surface area (Å²) in [6.07, 6.45) is 0. The zero-order valence-electron chi connectivity index (χ0n) is 11.0. The van der Waals surface area contributed by atoms with Gasteiger partial charge in [-0.3, -0.25) is 4.68 Å². The van der Waals surface area contributed by atoms with Gasteiger partial charge >= 0.3 is 0 Å². The fraction of sp³-hybridized carbons (Fsp3) is 0.133. The third kappa shape index (κ3) is 2.30. The summed E-state index contributed by atoms with van der Waals surface area (Å²) in [7, 11) is 1.92. The second-order valence-electron chi connectivity index (χ2n) is 4.57. The number of anilines is 1. The fourth-order valence-corrected chi connectivity index (χ4v) is 2.34. The summed E-state index contributed by atoms with van der Waals surface area (Å²) in [5, 5.41) is 6.09. The second kappa shape index (κ2) is 5.06. The van der Waals surface area contributed by atoms with E-state index in [-0.39, 0.29) is 0 Å². The lowest BCUT2D eigenvalue weighted by Crippen LogP contribution is -1.99. The van der Waals surface area contributed by atoms with Gasteiger partial charge in [-0.05, 0) is 18.2 Å². The van der Waals surface area contributed by atoms with Crippen molar-refractivity contribution in [2.24, 2.45) is 7.05 Å². The van der Waals surface area contributed by atoms with Crippen molar-refractivity contribution in [3.05, 3.63) is 53.2 Å². The van der Waals surface area contributed by atoms with Crippen LogP contribution in [0.3, 0.4) is 0 Å². The van der Waals surface area contributed by atoms with Crippen LogP contribution in [0.4, 0.5) is 5.69 Å². The number of aryl methyl sites for hydroxylation is 1. The standard InChI is InChI=1S/C15H14ClN3O/c1-19-14-5-3-2-4-11(14)13(18-19)9-20-15-8-10(17)6-7-12(15)16/h2-8H,9,17H2,1H3. The summed E-state index contributed by atoms with van der Waals surface area (Å²) in [6, 6.07) is 13.2. The molecule has 0 saturated carbocycles. The predicted molar refractivity (Wildman–Crippen MR) is 80.9 cm³/mol. The van der Waals surface area contributed by atoms with Gasteiger partial charge in [0.25, 0.3) is 0 Å². The van der Waals surface area contributed by atoms with Gasteiger partial charge < -0.3 is 10.5 Å². The van der Waals surface area contributed by atoms with Gasteiger partial charge in [0.2, 0.25) is 0 Å². The molecule has 0 unspecified atom stereocenters. The predicted octanol–water partition coefficient (Wildman–Crippen LogP) is 3.39. The number of aromatic nitrogens is 2. The SMILES string of the molecule is Cn1nc(COc2cc(N)ccc2Cl)c2ccccc21. The van der Waals surface area contributed by atoms with E-state index in [0.717, 1.165) is 16.6 Å². The Morgan fingerprint density at radius 3 is 2.90 bits per heavy atom. The molecule has 20 heavy (non-hydrogen) atoms. The highest BCUT2D eigenvalue weighted by molar-refractivity contribution is 6.32. The highest BCUT2D eigenvalue weighted by Crippen LogP contribution is 2.28. The Morgan fingerprint density at radius 2 is 2.05 bits per heavy atom. The number of hydrogen-bond donors (Lipinski definition) is 1. The van der Waals surface area contributed by atoms with Crippen LogP contribution < -0.4 is 10.5 Å². The van der Waals surface area contributed by atoms with Crippen molar-refractivity contribution >= 4 is 28.2 Å². The number of ether oxygens (including phenoxy) is 1. The van der Waals surface area contributed by atoms with Crippen molar-refractivity contribution in [1.29, 1.82) is 0 Å². The largest absolute Gasteiger partial charge is 0.486 e. The zero-order chi connectivity index (χ0) is 14.1. The average molecular weight is 288 g/mol. The van der Waals surface area contributed by atoms with E-state index in [9.17, 15) is 0 Å². The molecule has 3 rings (SSSR count). The lowest BCUT2D eigenvalue weighted by Gasteiger charge is -2.07. The number of halogens is 1. The van der Waals surface area contributed by atoms with Crippen LogP contribution in [0, 0.1) is 0 Å². The molecule has 0 aliphatic heterocycles. The first-order valence-electron chi connectivity index (χ1n) is 6.23. The van der Waals surface area contributed by atoms with Crippen molar-refractivity contribution in [2.75, 3.05) is 5.73 Å². The Hall–Kier alpha value is -2.20. The van der Waals surface area contributed by atoms with Crippen LogP contribution in [0.1, 0.15) is 5.69 Å². The molecule has 4 nitrogen and oxygen atoms in total. The maximum Gasteiger partial charge on any atom is 0.140 e. The molecule has 0 amide bonds. The van der Waals surface area contributed by atoms with Gasteiger partial charge in [0.1, 0.15) is 18.1 Å². The monoisotopic (exact) mass is 287 g/mol. The van der Waals surface area contributed by atoms with E-state index < -0.39 is 0 Å². The number of benzene rings is 2. The van der Waals surface area contributed by atoms with Crippen molar-refractivity contribution in [3.8, 4) is 5.75 Å². The molecule has 5 heteroatoms. The first-order valence-corrected chi connectivity index (χ1v) is 6.61. The van der Waals surface area contributed by atoms with Crippen LogP contribution in [0.25, 0.3) is 10.9 Å². The van der Waals surface area contributed by atoms with Gasteiger partial charge in [0.05, 0.1) is 10.5 Å². The van der Waals surface area contributed by atoms with Gasteiger partial charge in [-0.1, -0.05) is 29.8 Å². The molecule has 0 spiro atoms. The molecule has 2 N–H and O–H groups in total. The molecule has 1 heterocycles. The fourth-order valence-electron chi connectivity index (χ4n) is 2.17. The van der Waals surface area contributed by atoms with Gasteiger partial charge in [-0.15, -0.1) is 0 Å². The quantitative estimate of drug-likeness (QED) is 0.751. The maximum atomic E-state index is 6.08. The number of nitrogen functional groups attached to an aromatic ring is 1. The second-order valence-corrected chi connectivity index (χ2v) is 4.97. The summed E-state index contributed by atoms with van der Waals surface area (Å²) in [5.74, 6) is 0.571. The molecule has 0 fully saturated rings. The maximum absolute atomic E-state index is 6.08. The van der Waals surface area contributed by atoms with Gasteiger partial charge in [-0.2, -0.15) is 5.10 Å². The lowest BCUT2D eigenvalue weighted by molar-refractivity contribution is 0.302. The van der Waals surface area contributed by atoms with Crippen molar-refractivity contribution in [2.45, 2.75) is 6.61 Å². The van der Waals surface area contributed by atoms with Crippen LogP contribution in [-0.2, 0) is 13.7 Å². The van der Waals surface area contributed by atoms with Gasteiger partial charge in [0.15, 0.2) is 0 Å². The number of hydrogen-bond acceptors (Lipinski definition) is 3. The van der Waals surface area contributed by atoms with E-state index in [1.807, 2.05) is 36.0 Å². The van der Waals surface area contributed by atoms with E-state index in [1.165, 1.54) is 0 Å². The van der Waals surface area contributed by atoms with Crippen molar-refractivity contribution < 1.29 is 4.74 Å². The van der Waals surface area contributed by atoms with E-state index in [1.54, 1.807) is 18.2 Å². The minimum atomic E-state index is 0.352. The molecule has 2 aromatic carbocycles. The Bertz CT molecular complexity index is 767. The van der Waals surface area contributed by atoms with E-state index >= 15 is 0 Å². The highest BCUT2D eigenvalue weighted by atomic mass is 35.5. The molecule has 1 aromatic heterocycles. The van der Waals surface area contributed by atoms with E-state index in [0.29, 0.717) is 23.1 Å². The molecule has 102 valence electrons. The van der Waals surface area contributed by atoms with E-state index in [4.69, 9.17) is 22.1 Å². The Labute approximate surface area is 121 Å². The van der Waals surface area contributed by atoms with Gasteiger partial charge in [0, 0.05) is 24.2 Å². The Morgan fingerprint density at radius 1 is 1.25 bits per heavy atom. The lowest BCUT2D eigenvalue weighted by atomic mass is 10.2. The van der Waals surface area contributed by atoms with Crippen LogP contribution in [0.2, 0.25) is 5.02 Å². The smallest absolute Gasteiger partial charge is 0.140 e. The summed E-state index contributed by atoms with van der Waals surface area (Å²) >= 11 is 6.08. The van der Waals surface area contributed by atoms with Crippen LogP contribution >= 0.6 is 11.6 Å². The third-order valence-electron chi connectivity index (χ3n) is 3.15. The highest BCUT2D eigenvalue weighted by Gasteiger charge is 2.09. The van der Waals surface area contributed by atoms with Crippen molar-refractivity contribution in [1.82, 2.24) is 9.78 Å². The number of nitrogens with two attached hydrogens (primary N) is 1. The first kappa shape index (κ1) is 12.8. The number of nitrogens with zero attached hydrogens (tertiary/aromatic N) is 2. The Kier molecular flexibility index (Phi) is 3.24. The molecule has 0 aliphatic carbocycles. The van der Waals surface area contributed by atoms with Crippen molar-refractivity contribution in [3.63, 3.8) is 0 Å². The molecule has 0 bridgehead atoms. The normalized spacial score (nSPS) is 10.9. The van der Waals surface area contributed by atoms with Crippen LogP contribution in [0.5, 0.6) is 5.75 Å². The van der Waals surface area contributed by atoms with Gasteiger partial charge in [-0.25, -0.2) is 0 Å². The summed E-state index contributed by atoms with van der Waals surface area (Å²) in [5.41, 5.74) is 8.30. The molecule has 0 aliphatic rings. The molecular formula is C15H14ClN3O. The summed E-state index contributed by atoms with van der Waals surface area (Å²) in [6.45, 7) is 0.352. The molecular weight excluding hydrogens is 274 g/mol. The number of rotatable bonds is 3. The molecule has 3 aromatic rings. The molecule has 0 radical (unpaired) electrons. The van der Waals surface area contributed by atoms with E-state index in [2.05, 4.69) is 5.10 Å². The Balaban J connectivity index is 1.89. The minimum absolute atomic E-state index is 0.352. The molecule has 0 saturated heterocycles. The topological polar surface area (TPSA) is 53.1 Å².